The lowest BCUT2D eigenvalue weighted by molar-refractivity contribution is -0.126. The number of nitrogens with zero attached hydrogens (tertiary/aromatic N) is 1. The van der Waals surface area contributed by atoms with Gasteiger partial charge < -0.3 is 11.1 Å². The average Bonchev–Trinajstić information content (AvgIpc) is 2.40. The number of nitriles is 1. The Morgan fingerprint density at radius 1 is 1.36 bits per heavy atom. The highest BCUT2D eigenvalue weighted by molar-refractivity contribution is 5.86. The van der Waals surface area contributed by atoms with Crippen LogP contribution in [0.3, 0.4) is 0 Å². The number of carbonyl (C=O) groups excluding carboxylic acids is 1. The molecule has 1 rings (SSSR count). The quantitative estimate of drug-likeness (QED) is 0.502. The molecule has 0 spiro atoms. The van der Waals surface area contributed by atoms with Crippen LogP contribution < -0.4 is 11.1 Å². The molecule has 0 aliphatic heterocycles. The lowest BCUT2D eigenvalue weighted by atomic mass is 9.90. The van der Waals surface area contributed by atoms with Gasteiger partial charge in [0.1, 0.15) is 6.54 Å². The van der Waals surface area contributed by atoms with Crippen LogP contribution in [0.15, 0.2) is 0 Å². The number of hydrogen-bond acceptors (Lipinski definition) is 3. The summed E-state index contributed by atoms with van der Waals surface area (Å²) < 4.78 is 0. The zero-order chi connectivity index (χ0) is 10.4. The molecule has 1 amide bonds. The Morgan fingerprint density at radius 2 is 1.93 bits per heavy atom. The molecule has 0 atom stereocenters. The van der Waals surface area contributed by atoms with E-state index in [0.29, 0.717) is 0 Å². The van der Waals surface area contributed by atoms with Crippen molar-refractivity contribution in [2.75, 3.05) is 6.54 Å². The summed E-state index contributed by atoms with van der Waals surface area (Å²) in [4.78, 5) is 11.6. The third-order valence-corrected chi connectivity index (χ3v) is 2.78. The Morgan fingerprint density at radius 3 is 2.43 bits per heavy atom. The SMILES string of the molecule is N#CCNC(=O)C1(N)CCCCCC1. The summed E-state index contributed by atoms with van der Waals surface area (Å²) in [6.45, 7) is 0.0534. The first-order valence-electron chi connectivity index (χ1n) is 5.13. The first-order chi connectivity index (χ1) is 6.69. The molecular weight excluding hydrogens is 178 g/mol. The molecule has 0 aromatic heterocycles. The number of hydrogen-bond donors (Lipinski definition) is 2. The molecule has 1 aliphatic rings. The predicted octanol–water partition coefficient (Wildman–Crippen LogP) is 0.678. The molecule has 0 aromatic carbocycles. The molecule has 78 valence electrons. The van der Waals surface area contributed by atoms with Gasteiger partial charge in [-0.25, -0.2) is 0 Å². The van der Waals surface area contributed by atoms with Crippen molar-refractivity contribution in [2.45, 2.75) is 44.1 Å². The Labute approximate surface area is 84.5 Å². The second kappa shape index (κ2) is 4.97. The number of carbonyl (C=O) groups is 1. The van der Waals surface area contributed by atoms with E-state index in [-0.39, 0.29) is 12.5 Å². The van der Waals surface area contributed by atoms with Gasteiger partial charge in [-0.2, -0.15) is 5.26 Å². The summed E-state index contributed by atoms with van der Waals surface area (Å²) in [6.07, 6.45) is 5.82. The third kappa shape index (κ3) is 2.71. The summed E-state index contributed by atoms with van der Waals surface area (Å²) in [6, 6.07) is 1.88. The van der Waals surface area contributed by atoms with E-state index in [1.54, 1.807) is 0 Å². The lowest BCUT2D eigenvalue weighted by Crippen LogP contribution is -2.53. The molecule has 3 N–H and O–H groups in total. The molecule has 0 aromatic rings. The molecule has 1 fully saturated rings. The van der Waals surface area contributed by atoms with Crippen molar-refractivity contribution in [1.29, 1.82) is 5.26 Å². The third-order valence-electron chi connectivity index (χ3n) is 2.78. The highest BCUT2D eigenvalue weighted by Crippen LogP contribution is 2.24. The van der Waals surface area contributed by atoms with Crippen molar-refractivity contribution in [1.82, 2.24) is 5.32 Å². The summed E-state index contributed by atoms with van der Waals surface area (Å²) >= 11 is 0. The maximum Gasteiger partial charge on any atom is 0.240 e. The number of amides is 1. The molecule has 14 heavy (non-hydrogen) atoms. The van der Waals surface area contributed by atoms with Crippen LogP contribution in [0, 0.1) is 11.3 Å². The van der Waals surface area contributed by atoms with Crippen LogP contribution in [0.4, 0.5) is 0 Å². The van der Waals surface area contributed by atoms with E-state index in [1.807, 2.05) is 6.07 Å². The molecule has 0 bridgehead atoms. The van der Waals surface area contributed by atoms with Gasteiger partial charge in [-0.3, -0.25) is 4.79 Å². The standard InChI is InChI=1S/C10H17N3O/c11-7-8-13-9(14)10(12)5-3-1-2-4-6-10/h1-6,8,12H2,(H,13,14). The Bertz CT molecular complexity index is 236. The molecule has 4 nitrogen and oxygen atoms in total. The van der Waals surface area contributed by atoms with Crippen LogP contribution in [-0.2, 0) is 4.79 Å². The number of rotatable bonds is 2. The largest absolute Gasteiger partial charge is 0.341 e. The van der Waals surface area contributed by atoms with E-state index in [1.165, 1.54) is 0 Å². The predicted molar refractivity (Wildman–Crippen MR) is 53.2 cm³/mol. The average molecular weight is 195 g/mol. The second-order valence-corrected chi connectivity index (χ2v) is 3.91. The number of nitrogens with one attached hydrogen (secondary N) is 1. The summed E-state index contributed by atoms with van der Waals surface area (Å²) in [7, 11) is 0. The fourth-order valence-corrected chi connectivity index (χ4v) is 1.88. The first kappa shape index (κ1) is 11.0. The van der Waals surface area contributed by atoms with Gasteiger partial charge in [-0.15, -0.1) is 0 Å². The number of nitrogens with two attached hydrogens (primary N) is 1. The minimum atomic E-state index is -0.729. The molecule has 0 saturated heterocycles. The van der Waals surface area contributed by atoms with Crippen molar-refractivity contribution in [3.63, 3.8) is 0 Å². The van der Waals surface area contributed by atoms with Gasteiger partial charge in [0.05, 0.1) is 11.6 Å². The maximum absolute atomic E-state index is 11.6. The highest BCUT2D eigenvalue weighted by Gasteiger charge is 2.33. The van der Waals surface area contributed by atoms with Crippen LogP contribution in [0.2, 0.25) is 0 Å². The van der Waals surface area contributed by atoms with E-state index in [0.717, 1.165) is 38.5 Å². The lowest BCUT2D eigenvalue weighted by Gasteiger charge is -2.25. The van der Waals surface area contributed by atoms with Gasteiger partial charge in [0.2, 0.25) is 5.91 Å². The zero-order valence-electron chi connectivity index (χ0n) is 8.38. The molecule has 0 radical (unpaired) electrons. The van der Waals surface area contributed by atoms with Crippen LogP contribution in [0.25, 0.3) is 0 Å². The highest BCUT2D eigenvalue weighted by atomic mass is 16.2. The maximum atomic E-state index is 11.6. The van der Waals surface area contributed by atoms with Gasteiger partial charge in [-0.1, -0.05) is 25.7 Å². The van der Waals surface area contributed by atoms with E-state index in [2.05, 4.69) is 5.32 Å². The summed E-state index contributed by atoms with van der Waals surface area (Å²) in [5.41, 5.74) is 5.29. The van der Waals surface area contributed by atoms with Gasteiger partial charge in [-0.05, 0) is 12.8 Å². The second-order valence-electron chi connectivity index (χ2n) is 3.91. The Kier molecular flexibility index (Phi) is 3.90. The van der Waals surface area contributed by atoms with E-state index in [9.17, 15) is 4.79 Å². The van der Waals surface area contributed by atoms with Gasteiger partial charge in [0.25, 0.3) is 0 Å². The fourth-order valence-electron chi connectivity index (χ4n) is 1.88. The van der Waals surface area contributed by atoms with Crippen LogP contribution in [0.5, 0.6) is 0 Å². The molecule has 0 unspecified atom stereocenters. The monoisotopic (exact) mass is 195 g/mol. The first-order valence-corrected chi connectivity index (χ1v) is 5.13. The van der Waals surface area contributed by atoms with E-state index >= 15 is 0 Å². The van der Waals surface area contributed by atoms with Gasteiger partial charge in [0, 0.05) is 0 Å². The van der Waals surface area contributed by atoms with Crippen molar-refractivity contribution in [3.8, 4) is 6.07 Å². The molecule has 1 saturated carbocycles. The van der Waals surface area contributed by atoms with Crippen LogP contribution in [-0.4, -0.2) is 18.0 Å². The van der Waals surface area contributed by atoms with Crippen molar-refractivity contribution in [3.05, 3.63) is 0 Å². The van der Waals surface area contributed by atoms with E-state index in [4.69, 9.17) is 11.0 Å². The smallest absolute Gasteiger partial charge is 0.240 e. The van der Waals surface area contributed by atoms with Crippen molar-refractivity contribution >= 4 is 5.91 Å². The minimum absolute atomic E-state index is 0.0534. The molecule has 4 heteroatoms. The normalized spacial score (nSPS) is 20.6. The Balaban J connectivity index is 2.53. The Hall–Kier alpha value is -1.08. The summed E-state index contributed by atoms with van der Waals surface area (Å²) in [5, 5.41) is 10.9. The minimum Gasteiger partial charge on any atom is -0.341 e. The van der Waals surface area contributed by atoms with E-state index < -0.39 is 5.54 Å². The van der Waals surface area contributed by atoms with Gasteiger partial charge in [0.15, 0.2) is 0 Å². The molecular formula is C10H17N3O. The van der Waals surface area contributed by atoms with Crippen LogP contribution in [0.1, 0.15) is 38.5 Å². The molecule has 0 heterocycles. The summed E-state index contributed by atoms with van der Waals surface area (Å²) in [5.74, 6) is -0.166. The fraction of sp³-hybridized carbons (Fsp3) is 0.800. The molecule has 1 aliphatic carbocycles. The zero-order valence-corrected chi connectivity index (χ0v) is 8.38. The topological polar surface area (TPSA) is 78.9 Å². The van der Waals surface area contributed by atoms with Crippen LogP contribution >= 0.6 is 0 Å². The van der Waals surface area contributed by atoms with Crippen molar-refractivity contribution in [2.24, 2.45) is 5.73 Å². The van der Waals surface area contributed by atoms with Gasteiger partial charge >= 0.3 is 0 Å². The van der Waals surface area contributed by atoms with Crippen molar-refractivity contribution < 1.29 is 4.79 Å².